The van der Waals surface area contributed by atoms with Crippen molar-refractivity contribution in [2.24, 2.45) is 0 Å². The van der Waals surface area contributed by atoms with Crippen molar-refractivity contribution in [2.45, 2.75) is 63.8 Å². The zero-order valence-electron chi connectivity index (χ0n) is 15.6. The molecule has 1 amide bonds. The van der Waals surface area contributed by atoms with Gasteiger partial charge in [0.1, 0.15) is 11.2 Å². The van der Waals surface area contributed by atoms with Crippen LogP contribution >= 0.6 is 0 Å². The zero-order chi connectivity index (χ0) is 18.3. The van der Waals surface area contributed by atoms with Crippen molar-refractivity contribution in [3.05, 3.63) is 21.9 Å². The summed E-state index contributed by atoms with van der Waals surface area (Å²) in [6.45, 7) is 3.30. The summed E-state index contributed by atoms with van der Waals surface area (Å²) in [4.78, 5) is 34.2. The Kier molecular flexibility index (Phi) is 4.59. The molecule has 1 N–H and O–H groups in total. The van der Waals surface area contributed by atoms with Gasteiger partial charge in [0.2, 0.25) is 7.85 Å². The molecule has 7 nitrogen and oxygen atoms in total. The number of H-pyrrole nitrogens is 1. The zero-order valence-corrected chi connectivity index (χ0v) is 15.6. The van der Waals surface area contributed by atoms with Gasteiger partial charge in [0.05, 0.1) is 11.7 Å². The monoisotopic (exact) mass is 355 g/mol. The second-order valence-electron chi connectivity index (χ2n) is 7.78. The molecule has 1 aliphatic carbocycles. The molecule has 26 heavy (non-hydrogen) atoms. The van der Waals surface area contributed by atoms with Crippen molar-refractivity contribution in [1.29, 1.82) is 0 Å². The Balaban J connectivity index is 1.75. The highest BCUT2D eigenvalue weighted by molar-refractivity contribution is 6.56. The molecule has 138 valence electrons. The summed E-state index contributed by atoms with van der Waals surface area (Å²) >= 11 is 0. The number of carbonyl (C=O) groups excluding carboxylic acids is 1. The van der Waals surface area contributed by atoms with Crippen molar-refractivity contribution >= 4 is 24.7 Å². The van der Waals surface area contributed by atoms with Gasteiger partial charge in [-0.15, -0.1) is 0 Å². The Morgan fingerprint density at radius 1 is 1.19 bits per heavy atom. The molecule has 8 heteroatoms. The number of amides is 1. The number of carbonyl (C=O) groups is 1. The first-order chi connectivity index (χ1) is 12.5. The van der Waals surface area contributed by atoms with Crippen LogP contribution in [0.1, 0.15) is 68.4 Å². The molecule has 0 radical (unpaired) electrons. The van der Waals surface area contributed by atoms with E-state index in [4.69, 9.17) is 4.98 Å². The van der Waals surface area contributed by atoms with Crippen LogP contribution in [0.2, 0.25) is 0 Å². The van der Waals surface area contributed by atoms with Gasteiger partial charge in [0.25, 0.3) is 5.56 Å². The normalized spacial score (nSPS) is 22.0. The number of rotatable bonds is 2. The van der Waals surface area contributed by atoms with Crippen LogP contribution in [0, 0.1) is 6.92 Å². The lowest BCUT2D eigenvalue weighted by molar-refractivity contribution is 0.201. The minimum atomic E-state index is -0.107. The minimum Gasteiger partial charge on any atom is -0.351 e. The van der Waals surface area contributed by atoms with Crippen LogP contribution in [0.25, 0.3) is 11.0 Å². The maximum Gasteiger partial charge on any atom is 0.262 e. The van der Waals surface area contributed by atoms with Crippen LogP contribution < -0.4 is 5.56 Å². The highest BCUT2D eigenvalue weighted by Crippen LogP contribution is 2.31. The number of aromatic amines is 1. The lowest BCUT2D eigenvalue weighted by Gasteiger charge is -2.31. The number of likely N-dealkylation sites (tertiary alicyclic amines) is 1. The molecule has 3 heterocycles. The van der Waals surface area contributed by atoms with E-state index in [1.165, 1.54) is 19.3 Å². The number of hydrogen-bond donors (Lipinski definition) is 1. The third-order valence-electron chi connectivity index (χ3n) is 5.93. The van der Waals surface area contributed by atoms with Gasteiger partial charge in [0.15, 0.2) is 11.5 Å². The maximum absolute atomic E-state index is 12.7. The fraction of sp³-hybridized carbons (Fsp3) is 0.667. The Morgan fingerprint density at radius 2 is 1.96 bits per heavy atom. The molecule has 2 fully saturated rings. The summed E-state index contributed by atoms with van der Waals surface area (Å²) in [5.74, 6) is 0.867. The predicted octanol–water partition coefficient (Wildman–Crippen LogP) is 1.87. The van der Waals surface area contributed by atoms with E-state index < -0.39 is 0 Å². The molecule has 1 atom stereocenters. The number of nitrogens with one attached hydrogen (secondary N) is 1. The second-order valence-corrected chi connectivity index (χ2v) is 7.78. The Hall–Kier alpha value is -2.12. The first-order valence-electron chi connectivity index (χ1n) is 9.79. The maximum atomic E-state index is 12.7. The third-order valence-corrected chi connectivity index (χ3v) is 5.93. The van der Waals surface area contributed by atoms with Crippen molar-refractivity contribution in [1.82, 2.24) is 24.6 Å². The van der Waals surface area contributed by atoms with Crippen molar-refractivity contribution in [3.63, 3.8) is 0 Å². The van der Waals surface area contributed by atoms with E-state index in [9.17, 15) is 9.59 Å². The van der Waals surface area contributed by atoms with Crippen LogP contribution in [0.15, 0.2) is 4.79 Å². The first kappa shape index (κ1) is 17.3. The standard InChI is InChI=1S/C18H26BN5O2/c1-11-14-16(24(22-11)13-7-3-2-4-8-13)20-15(21-17(14)25)12-6-5-9-23(10-12)18(19)26/h12-13H,2-10,19H2,1H3,(H,20,21,25). The van der Waals surface area contributed by atoms with Gasteiger partial charge in [0, 0.05) is 19.0 Å². The van der Waals surface area contributed by atoms with E-state index in [2.05, 4.69) is 10.1 Å². The van der Waals surface area contributed by atoms with E-state index >= 15 is 0 Å². The van der Waals surface area contributed by atoms with E-state index in [0.29, 0.717) is 29.4 Å². The van der Waals surface area contributed by atoms with E-state index in [0.717, 1.165) is 37.9 Å². The Bertz CT molecular complexity index is 884. The molecule has 1 unspecified atom stereocenters. The highest BCUT2D eigenvalue weighted by Gasteiger charge is 2.27. The quantitative estimate of drug-likeness (QED) is 0.834. The molecule has 2 aromatic rings. The molecule has 1 saturated carbocycles. The molecule has 0 aromatic carbocycles. The lowest BCUT2D eigenvalue weighted by atomic mass is 9.94. The summed E-state index contributed by atoms with van der Waals surface area (Å²) < 4.78 is 1.99. The summed E-state index contributed by atoms with van der Waals surface area (Å²) in [7, 11) is 1.60. The molecule has 2 aliphatic rings. The van der Waals surface area contributed by atoms with Crippen molar-refractivity contribution < 1.29 is 4.79 Å². The minimum absolute atomic E-state index is 0.0831. The van der Waals surface area contributed by atoms with E-state index in [1.54, 1.807) is 7.85 Å². The second kappa shape index (κ2) is 6.89. The van der Waals surface area contributed by atoms with Gasteiger partial charge in [-0.05, 0) is 32.6 Å². The number of nitrogens with zero attached hydrogens (tertiary/aromatic N) is 4. The van der Waals surface area contributed by atoms with E-state index in [1.807, 2.05) is 16.5 Å². The molecule has 1 saturated heterocycles. The lowest BCUT2D eigenvalue weighted by Crippen LogP contribution is -2.39. The van der Waals surface area contributed by atoms with Crippen LogP contribution in [0.4, 0.5) is 4.79 Å². The van der Waals surface area contributed by atoms with Crippen molar-refractivity contribution in [3.8, 4) is 0 Å². The summed E-state index contributed by atoms with van der Waals surface area (Å²) in [6, 6.07) is 0.335. The Labute approximate surface area is 153 Å². The molecule has 0 spiro atoms. The third kappa shape index (κ3) is 3.06. The van der Waals surface area contributed by atoms with Crippen molar-refractivity contribution in [2.75, 3.05) is 13.1 Å². The number of aryl methyl sites for hydroxylation is 1. The van der Waals surface area contributed by atoms with Gasteiger partial charge in [-0.25, -0.2) is 9.67 Å². The van der Waals surface area contributed by atoms with Crippen LogP contribution in [0.5, 0.6) is 0 Å². The van der Waals surface area contributed by atoms with Gasteiger partial charge < -0.3 is 9.88 Å². The number of aromatic nitrogens is 4. The summed E-state index contributed by atoms with van der Waals surface area (Å²) in [6.07, 6.45) is 7.76. The predicted molar refractivity (Wildman–Crippen MR) is 102 cm³/mol. The Morgan fingerprint density at radius 3 is 2.69 bits per heavy atom. The van der Waals surface area contributed by atoms with Gasteiger partial charge in [-0.3, -0.25) is 9.59 Å². The van der Waals surface area contributed by atoms with Gasteiger partial charge >= 0.3 is 0 Å². The number of hydrogen-bond acceptors (Lipinski definition) is 4. The fourth-order valence-electron chi connectivity index (χ4n) is 4.49. The largest absolute Gasteiger partial charge is 0.351 e. The van der Waals surface area contributed by atoms with Gasteiger partial charge in [-0.1, -0.05) is 19.3 Å². The smallest absolute Gasteiger partial charge is 0.262 e. The van der Waals surface area contributed by atoms with Crippen LogP contribution in [-0.4, -0.2) is 51.4 Å². The molecule has 1 aliphatic heterocycles. The summed E-state index contributed by atoms with van der Waals surface area (Å²) in [5.41, 5.74) is 1.36. The fourth-order valence-corrected chi connectivity index (χ4v) is 4.49. The average molecular weight is 355 g/mol. The van der Waals surface area contributed by atoms with E-state index in [-0.39, 0.29) is 17.3 Å². The van der Waals surface area contributed by atoms with Gasteiger partial charge in [-0.2, -0.15) is 5.10 Å². The molecule has 2 aromatic heterocycles. The number of fused-ring (bicyclic) bond motifs is 1. The molecule has 4 rings (SSSR count). The first-order valence-corrected chi connectivity index (χ1v) is 9.79. The number of piperidine rings is 1. The highest BCUT2D eigenvalue weighted by atomic mass is 16.1. The van der Waals surface area contributed by atoms with Crippen LogP contribution in [-0.2, 0) is 0 Å². The molecule has 0 bridgehead atoms. The topological polar surface area (TPSA) is 83.9 Å². The molecular weight excluding hydrogens is 329 g/mol. The van der Waals surface area contributed by atoms with Crippen LogP contribution in [0.3, 0.4) is 0 Å². The average Bonchev–Trinajstić information content (AvgIpc) is 2.99. The summed E-state index contributed by atoms with van der Waals surface area (Å²) in [5, 5.41) is 5.28. The SMILES string of the molecule is BC(=O)N1CCCC(c2nc3c(c(C)nn3C3CCCCC3)c(=O)[nH]2)C1. The molecular formula is C18H26BN5O2.